The number of fused-ring (bicyclic) bond motifs is 1. The lowest BCUT2D eigenvalue weighted by Gasteiger charge is -2.09. The van der Waals surface area contributed by atoms with Crippen LogP contribution in [0.15, 0.2) is 22.8 Å². The van der Waals surface area contributed by atoms with Gasteiger partial charge >= 0.3 is 5.97 Å². The fourth-order valence-corrected chi connectivity index (χ4v) is 2.65. The Morgan fingerprint density at radius 1 is 1.47 bits per heavy atom. The lowest BCUT2D eigenvalue weighted by atomic mass is 10.1. The van der Waals surface area contributed by atoms with Crippen LogP contribution in [0.3, 0.4) is 0 Å². The van der Waals surface area contributed by atoms with Crippen molar-refractivity contribution >= 4 is 44.4 Å². The van der Waals surface area contributed by atoms with Crippen molar-refractivity contribution in [2.75, 3.05) is 0 Å². The number of nitrogens with zero attached hydrogens (tertiary/aromatic N) is 1. The maximum Gasteiger partial charge on any atom is 0.336 e. The molecule has 1 heterocycles. The van der Waals surface area contributed by atoms with Gasteiger partial charge in [-0.25, -0.2) is 4.79 Å². The number of hydrogen-bond acceptors (Lipinski definition) is 1. The van der Waals surface area contributed by atoms with Crippen LogP contribution in [0.2, 0.25) is 5.02 Å². The molecule has 0 aliphatic carbocycles. The first kappa shape index (κ1) is 12.5. The minimum absolute atomic E-state index is 0.221. The van der Waals surface area contributed by atoms with E-state index in [1.54, 1.807) is 12.3 Å². The van der Waals surface area contributed by atoms with Gasteiger partial charge in [-0.1, -0.05) is 27.5 Å². The Kier molecular flexibility index (Phi) is 3.19. The molecule has 0 bridgehead atoms. The molecule has 0 spiro atoms. The van der Waals surface area contributed by atoms with Crippen LogP contribution in [-0.2, 0) is 0 Å². The first-order chi connectivity index (χ1) is 7.91. The molecule has 0 aliphatic rings. The summed E-state index contributed by atoms with van der Waals surface area (Å²) in [5.41, 5.74) is 1.05. The van der Waals surface area contributed by atoms with Crippen LogP contribution in [0, 0.1) is 0 Å². The van der Waals surface area contributed by atoms with Gasteiger partial charge in [-0.3, -0.25) is 0 Å². The minimum atomic E-state index is -0.972. The lowest BCUT2D eigenvalue weighted by molar-refractivity contribution is 0.0699. The summed E-state index contributed by atoms with van der Waals surface area (Å²) in [6.45, 7) is 4.05. The van der Waals surface area contributed by atoms with Gasteiger partial charge in [0.2, 0.25) is 0 Å². The van der Waals surface area contributed by atoms with Crippen LogP contribution in [-0.4, -0.2) is 15.6 Å². The summed E-state index contributed by atoms with van der Waals surface area (Å²) < 4.78 is 2.70. The quantitative estimate of drug-likeness (QED) is 0.895. The van der Waals surface area contributed by atoms with Crippen molar-refractivity contribution in [3.8, 4) is 0 Å². The van der Waals surface area contributed by atoms with Crippen LogP contribution >= 0.6 is 27.5 Å². The molecule has 0 aliphatic heterocycles. The molecule has 3 nitrogen and oxygen atoms in total. The molecule has 5 heteroatoms. The number of halogens is 2. The average molecular weight is 317 g/mol. The Hall–Kier alpha value is -1.000. The van der Waals surface area contributed by atoms with E-state index in [0.29, 0.717) is 10.4 Å². The Balaban J connectivity index is 2.90. The van der Waals surface area contributed by atoms with Crippen molar-refractivity contribution in [2.24, 2.45) is 0 Å². The van der Waals surface area contributed by atoms with E-state index in [1.165, 1.54) is 0 Å². The maximum absolute atomic E-state index is 11.2. The summed E-state index contributed by atoms with van der Waals surface area (Å²) in [5.74, 6) is -0.972. The van der Waals surface area contributed by atoms with E-state index in [4.69, 9.17) is 11.6 Å². The number of aromatic carboxylic acids is 1. The predicted molar refractivity (Wildman–Crippen MR) is 72.0 cm³/mol. The van der Waals surface area contributed by atoms with Crippen molar-refractivity contribution in [1.29, 1.82) is 0 Å². The summed E-state index contributed by atoms with van der Waals surface area (Å²) in [6, 6.07) is 3.68. The smallest absolute Gasteiger partial charge is 0.336 e. The third kappa shape index (κ3) is 2.07. The average Bonchev–Trinajstić information content (AvgIpc) is 2.54. The van der Waals surface area contributed by atoms with E-state index in [-0.39, 0.29) is 11.6 Å². The maximum atomic E-state index is 11.2. The fourth-order valence-electron chi connectivity index (χ4n) is 1.90. The minimum Gasteiger partial charge on any atom is -0.478 e. The number of benzene rings is 1. The van der Waals surface area contributed by atoms with Crippen molar-refractivity contribution in [2.45, 2.75) is 19.9 Å². The summed E-state index contributed by atoms with van der Waals surface area (Å²) in [7, 11) is 0. The summed E-state index contributed by atoms with van der Waals surface area (Å²) in [5, 5.41) is 10.3. The predicted octanol–water partition coefficient (Wildman–Crippen LogP) is 4.34. The Morgan fingerprint density at radius 3 is 2.65 bits per heavy atom. The third-order valence-corrected chi connectivity index (χ3v) is 3.38. The van der Waals surface area contributed by atoms with E-state index in [2.05, 4.69) is 15.9 Å². The summed E-state index contributed by atoms with van der Waals surface area (Å²) in [4.78, 5) is 11.2. The van der Waals surface area contributed by atoms with Gasteiger partial charge in [0.05, 0.1) is 16.1 Å². The molecule has 0 fully saturated rings. The molecule has 0 saturated carbocycles. The Morgan fingerprint density at radius 2 is 2.12 bits per heavy atom. The zero-order valence-corrected chi connectivity index (χ0v) is 11.7. The first-order valence-electron chi connectivity index (χ1n) is 5.14. The largest absolute Gasteiger partial charge is 0.478 e. The SMILES string of the molecule is CC(C)n1cc(Cl)c2c(C(=O)O)cc(Br)cc21. The molecule has 2 rings (SSSR count). The second kappa shape index (κ2) is 4.35. The number of carbonyl (C=O) groups is 1. The number of aromatic nitrogens is 1. The monoisotopic (exact) mass is 315 g/mol. The van der Waals surface area contributed by atoms with Crippen molar-refractivity contribution in [1.82, 2.24) is 4.57 Å². The summed E-state index contributed by atoms with van der Waals surface area (Å²) >= 11 is 9.45. The molecular weight excluding hydrogens is 305 g/mol. The second-order valence-corrected chi connectivity index (χ2v) is 5.45. The molecular formula is C12H11BrClNO2. The molecule has 1 N–H and O–H groups in total. The standard InChI is InChI=1S/C12H11BrClNO2/c1-6(2)15-5-9(14)11-8(12(16)17)3-7(13)4-10(11)15/h3-6H,1-2H3,(H,16,17). The van der Waals surface area contributed by atoms with Crippen LogP contribution in [0.5, 0.6) is 0 Å². The number of carboxylic acid groups (broad SMARTS) is 1. The fraction of sp³-hybridized carbons (Fsp3) is 0.250. The van der Waals surface area contributed by atoms with E-state index in [1.807, 2.05) is 24.5 Å². The lowest BCUT2D eigenvalue weighted by Crippen LogP contribution is -2.00. The van der Waals surface area contributed by atoms with E-state index in [0.717, 1.165) is 9.99 Å². The van der Waals surface area contributed by atoms with E-state index >= 15 is 0 Å². The number of rotatable bonds is 2. The van der Waals surface area contributed by atoms with Gasteiger partial charge in [-0.2, -0.15) is 0 Å². The van der Waals surface area contributed by atoms with Gasteiger partial charge in [0.15, 0.2) is 0 Å². The molecule has 1 aromatic carbocycles. The second-order valence-electron chi connectivity index (χ2n) is 4.13. The summed E-state index contributed by atoms with van der Waals surface area (Å²) in [6.07, 6.45) is 1.77. The zero-order chi connectivity index (χ0) is 12.7. The molecule has 2 aromatic rings. The highest BCUT2D eigenvalue weighted by Gasteiger charge is 2.17. The van der Waals surface area contributed by atoms with Gasteiger partial charge in [-0.15, -0.1) is 0 Å². The van der Waals surface area contributed by atoms with Crippen LogP contribution in [0.1, 0.15) is 30.2 Å². The topological polar surface area (TPSA) is 42.2 Å². The Labute approximate surface area is 112 Å². The van der Waals surface area contributed by atoms with Crippen molar-refractivity contribution in [3.05, 3.63) is 33.4 Å². The van der Waals surface area contributed by atoms with Gasteiger partial charge in [0.1, 0.15) is 0 Å². The van der Waals surface area contributed by atoms with E-state index < -0.39 is 5.97 Å². The number of carboxylic acids is 1. The highest BCUT2D eigenvalue weighted by Crippen LogP contribution is 2.33. The Bertz CT molecular complexity index is 604. The van der Waals surface area contributed by atoms with E-state index in [9.17, 15) is 9.90 Å². The highest BCUT2D eigenvalue weighted by molar-refractivity contribution is 9.10. The molecule has 90 valence electrons. The normalized spacial score (nSPS) is 11.4. The molecule has 0 atom stereocenters. The molecule has 0 amide bonds. The molecule has 17 heavy (non-hydrogen) atoms. The van der Waals surface area contributed by atoms with Crippen LogP contribution < -0.4 is 0 Å². The van der Waals surface area contributed by atoms with Gasteiger partial charge in [0.25, 0.3) is 0 Å². The third-order valence-electron chi connectivity index (χ3n) is 2.64. The van der Waals surface area contributed by atoms with Gasteiger partial charge in [-0.05, 0) is 26.0 Å². The first-order valence-corrected chi connectivity index (χ1v) is 6.31. The van der Waals surface area contributed by atoms with Gasteiger partial charge in [0, 0.05) is 22.1 Å². The zero-order valence-electron chi connectivity index (χ0n) is 9.37. The molecule has 0 saturated heterocycles. The molecule has 0 radical (unpaired) electrons. The van der Waals surface area contributed by atoms with Crippen molar-refractivity contribution in [3.63, 3.8) is 0 Å². The van der Waals surface area contributed by atoms with Crippen LogP contribution in [0.4, 0.5) is 0 Å². The van der Waals surface area contributed by atoms with Crippen LogP contribution in [0.25, 0.3) is 10.9 Å². The molecule has 0 unspecified atom stereocenters. The molecule has 1 aromatic heterocycles. The highest BCUT2D eigenvalue weighted by atomic mass is 79.9. The van der Waals surface area contributed by atoms with Crippen molar-refractivity contribution < 1.29 is 9.90 Å². The van der Waals surface area contributed by atoms with Gasteiger partial charge < -0.3 is 9.67 Å². The number of hydrogen-bond donors (Lipinski definition) is 1.